The summed E-state index contributed by atoms with van der Waals surface area (Å²) in [7, 11) is 0. The van der Waals surface area contributed by atoms with Crippen molar-refractivity contribution in [1.29, 1.82) is 0 Å². The van der Waals surface area contributed by atoms with E-state index in [2.05, 4.69) is 16.7 Å². The van der Waals surface area contributed by atoms with Crippen molar-refractivity contribution in [1.82, 2.24) is 4.68 Å². The Kier molecular flexibility index (Phi) is 4.73. The average Bonchev–Trinajstić information content (AvgIpc) is 3.41. The number of nitrogens with zero attached hydrogens (tertiary/aromatic N) is 4. The Bertz CT molecular complexity index is 1230. The van der Waals surface area contributed by atoms with Crippen molar-refractivity contribution in [3.63, 3.8) is 0 Å². The fourth-order valence-corrected chi connectivity index (χ4v) is 3.39. The molecule has 0 radical (unpaired) electrons. The summed E-state index contributed by atoms with van der Waals surface area (Å²) in [6.45, 7) is 4.11. The summed E-state index contributed by atoms with van der Waals surface area (Å²) in [5.41, 5.74) is 1.48. The Morgan fingerprint density at radius 1 is 1.25 bits per heavy atom. The monoisotopic (exact) mass is 394 g/mol. The van der Waals surface area contributed by atoms with Crippen LogP contribution in [-0.4, -0.2) is 22.4 Å². The predicted molar refractivity (Wildman–Crippen MR) is 106 cm³/mol. The molecule has 0 spiro atoms. The minimum atomic E-state index is -0.597. The summed E-state index contributed by atoms with van der Waals surface area (Å²) < 4.78 is 12.7. The van der Waals surface area contributed by atoms with Gasteiger partial charge in [-0.2, -0.15) is 5.10 Å². The quantitative estimate of drug-likeness (QED) is 0.209. The van der Waals surface area contributed by atoms with Crippen LogP contribution in [0.2, 0.25) is 0 Å². The van der Waals surface area contributed by atoms with E-state index >= 15 is 0 Å². The van der Waals surface area contributed by atoms with Gasteiger partial charge < -0.3 is 8.83 Å². The smallest absolute Gasteiger partial charge is 0.433 e. The number of furan rings is 2. The van der Waals surface area contributed by atoms with Gasteiger partial charge in [-0.1, -0.05) is 24.3 Å². The second-order valence-corrected chi connectivity index (χ2v) is 6.51. The maximum Gasteiger partial charge on any atom is 0.433 e. The van der Waals surface area contributed by atoms with Gasteiger partial charge in [-0.15, -0.1) is 17.9 Å². The predicted octanol–water partition coefficient (Wildman–Crippen LogP) is 4.43. The van der Waals surface area contributed by atoms with Crippen molar-refractivity contribution in [3.8, 4) is 11.5 Å². The first kappa shape index (κ1) is 17.7. The molecule has 1 aromatic carbocycles. The lowest BCUT2D eigenvalue weighted by molar-refractivity contribution is -0.402. The van der Waals surface area contributed by atoms with Crippen molar-refractivity contribution >= 4 is 34.4 Å². The molecule has 0 saturated heterocycles. The van der Waals surface area contributed by atoms with Gasteiger partial charge in [0.1, 0.15) is 16.2 Å². The van der Waals surface area contributed by atoms with Crippen molar-refractivity contribution in [2.45, 2.75) is 0 Å². The van der Waals surface area contributed by atoms with Crippen LogP contribution in [0.1, 0.15) is 5.76 Å². The molecule has 0 amide bonds. The van der Waals surface area contributed by atoms with Crippen molar-refractivity contribution < 1.29 is 13.8 Å². The van der Waals surface area contributed by atoms with Crippen LogP contribution in [0.3, 0.4) is 0 Å². The van der Waals surface area contributed by atoms with Crippen LogP contribution in [0.15, 0.2) is 79.4 Å². The molecule has 0 aliphatic carbocycles. The largest absolute Gasteiger partial charge is 0.454 e. The van der Waals surface area contributed by atoms with E-state index in [4.69, 9.17) is 8.83 Å². The first-order chi connectivity index (χ1) is 13.7. The van der Waals surface area contributed by atoms with Crippen LogP contribution in [-0.2, 0) is 0 Å². The Balaban J connectivity index is 1.79. The number of hydrogen-bond donors (Lipinski definition) is 0. The second-order valence-electron chi connectivity index (χ2n) is 5.67. The highest BCUT2D eigenvalue weighted by Gasteiger charge is 2.14. The van der Waals surface area contributed by atoms with E-state index in [1.54, 1.807) is 10.8 Å². The molecule has 140 valence electrons. The van der Waals surface area contributed by atoms with Crippen LogP contribution < -0.4 is 4.80 Å². The molecule has 0 bridgehead atoms. The minimum absolute atomic E-state index is 0.260. The molecule has 3 heterocycles. The Hall–Kier alpha value is -3.72. The number of benzene rings is 1. The number of thiazole rings is 1. The zero-order chi connectivity index (χ0) is 19.5. The summed E-state index contributed by atoms with van der Waals surface area (Å²) >= 11 is 1.40. The summed E-state index contributed by atoms with van der Waals surface area (Å²) in [4.78, 5) is 15.2. The molecular weight excluding hydrogens is 380 g/mol. The van der Waals surface area contributed by atoms with E-state index in [9.17, 15) is 10.1 Å². The maximum absolute atomic E-state index is 10.8. The molecule has 8 nitrogen and oxygen atoms in total. The molecule has 0 aliphatic heterocycles. The molecule has 0 aliphatic rings. The normalized spacial score (nSPS) is 12.2. The molecular formula is C19H14N4O4S. The molecule has 0 atom stereocenters. The molecule has 4 aromatic rings. The fraction of sp³-hybridized carbons (Fsp3) is 0.0526. The third-order valence-electron chi connectivity index (χ3n) is 3.81. The SMILES string of the molecule is C=CCN=c1scc(-c2cc3ccccc3o2)n1N=Cc1ccc([N+](=O)[O-])o1. The van der Waals surface area contributed by atoms with Gasteiger partial charge in [0.2, 0.25) is 4.80 Å². The first-order valence-electron chi connectivity index (χ1n) is 8.25. The molecule has 0 saturated carbocycles. The Morgan fingerprint density at radius 3 is 2.86 bits per heavy atom. The molecule has 0 fully saturated rings. The lowest BCUT2D eigenvalue weighted by Gasteiger charge is -1.99. The van der Waals surface area contributed by atoms with Gasteiger partial charge in [0.05, 0.1) is 18.8 Å². The van der Waals surface area contributed by atoms with Gasteiger partial charge >= 0.3 is 5.88 Å². The van der Waals surface area contributed by atoms with Gasteiger partial charge in [-0.25, -0.2) is 4.68 Å². The molecule has 9 heteroatoms. The number of aromatic nitrogens is 1. The van der Waals surface area contributed by atoms with Gasteiger partial charge in [0, 0.05) is 10.8 Å². The lowest BCUT2D eigenvalue weighted by atomic mass is 10.2. The minimum Gasteiger partial charge on any atom is -0.454 e. The highest BCUT2D eigenvalue weighted by Crippen LogP contribution is 2.28. The first-order valence-corrected chi connectivity index (χ1v) is 9.13. The van der Waals surface area contributed by atoms with Crippen LogP contribution in [0.25, 0.3) is 22.4 Å². The van der Waals surface area contributed by atoms with Gasteiger partial charge in [0.15, 0.2) is 11.5 Å². The molecule has 0 N–H and O–H groups in total. The van der Waals surface area contributed by atoms with Crippen LogP contribution in [0.5, 0.6) is 0 Å². The third-order valence-corrected chi connectivity index (χ3v) is 4.67. The molecule has 3 aromatic heterocycles. The standard InChI is InChI=1S/C19H14N4O4S/c1-2-9-20-19-22(21-11-14-7-8-18(26-14)23(24)25)15(12-28-19)17-10-13-5-3-4-6-16(13)27-17/h2-8,10-12H,1,9H2. The summed E-state index contributed by atoms with van der Waals surface area (Å²) in [5.74, 6) is 0.557. The second kappa shape index (κ2) is 7.49. The van der Waals surface area contributed by atoms with Crippen molar-refractivity contribution in [2.75, 3.05) is 6.54 Å². The zero-order valence-electron chi connectivity index (χ0n) is 14.5. The summed E-state index contributed by atoms with van der Waals surface area (Å²) in [5, 5.41) is 18.0. The van der Waals surface area contributed by atoms with Gasteiger partial charge in [-0.05, 0) is 18.2 Å². The summed E-state index contributed by atoms with van der Waals surface area (Å²) in [6, 6.07) is 12.4. The number of hydrogen-bond acceptors (Lipinski definition) is 7. The highest BCUT2D eigenvalue weighted by molar-refractivity contribution is 7.07. The van der Waals surface area contributed by atoms with Gasteiger partial charge in [0.25, 0.3) is 0 Å². The Labute approximate surface area is 162 Å². The van der Waals surface area contributed by atoms with Crippen LogP contribution in [0, 0.1) is 10.1 Å². The Morgan fingerprint density at radius 2 is 2.11 bits per heavy atom. The van der Waals surface area contributed by atoms with E-state index < -0.39 is 4.92 Å². The van der Waals surface area contributed by atoms with Crippen LogP contribution in [0.4, 0.5) is 5.88 Å². The van der Waals surface area contributed by atoms with E-state index in [1.165, 1.54) is 29.7 Å². The number of rotatable bonds is 6. The fourth-order valence-electron chi connectivity index (χ4n) is 2.56. The summed E-state index contributed by atoms with van der Waals surface area (Å²) in [6.07, 6.45) is 3.09. The molecule has 4 rings (SSSR count). The topological polar surface area (TPSA) is 99.1 Å². The van der Waals surface area contributed by atoms with Crippen molar-refractivity contribution in [2.24, 2.45) is 10.1 Å². The number of fused-ring (bicyclic) bond motifs is 1. The van der Waals surface area contributed by atoms with Gasteiger partial charge in [-0.3, -0.25) is 15.1 Å². The third kappa shape index (κ3) is 3.42. The average molecular weight is 394 g/mol. The maximum atomic E-state index is 10.8. The van der Waals surface area contributed by atoms with E-state index in [0.717, 1.165) is 11.0 Å². The van der Waals surface area contributed by atoms with Crippen LogP contribution >= 0.6 is 11.3 Å². The highest BCUT2D eigenvalue weighted by atomic mass is 32.1. The molecule has 28 heavy (non-hydrogen) atoms. The van der Waals surface area contributed by atoms with Crippen molar-refractivity contribution in [3.05, 3.63) is 81.2 Å². The molecule has 0 unspecified atom stereocenters. The van der Waals surface area contributed by atoms with E-state index in [0.29, 0.717) is 22.8 Å². The lowest BCUT2D eigenvalue weighted by Crippen LogP contribution is -2.12. The number of nitro groups is 1. The van der Waals surface area contributed by atoms with E-state index in [-0.39, 0.29) is 11.6 Å². The zero-order valence-corrected chi connectivity index (χ0v) is 15.3. The van der Waals surface area contributed by atoms with E-state index in [1.807, 2.05) is 35.7 Å². The number of para-hydroxylation sites is 1.